The number of phenolic OH excluding ortho intramolecular Hbond substituents is 2. The molecule has 0 aliphatic heterocycles. The van der Waals surface area contributed by atoms with E-state index in [1.54, 1.807) is 24.3 Å². The predicted octanol–water partition coefficient (Wildman–Crippen LogP) is 8.60. The number of nitrogens with zero attached hydrogens (tertiary/aromatic N) is 4. The van der Waals surface area contributed by atoms with Gasteiger partial charge in [-0.1, -0.05) is 36.4 Å². The van der Waals surface area contributed by atoms with Crippen LogP contribution in [0, 0.1) is 0 Å². The Morgan fingerprint density at radius 3 is 1.29 bits per heavy atom. The second kappa shape index (κ2) is 11.1. The monoisotopic (exact) mass is 552 g/mol. The fourth-order valence-electron chi connectivity index (χ4n) is 5.96. The third-order valence-electron chi connectivity index (χ3n) is 7.99. The van der Waals surface area contributed by atoms with Gasteiger partial charge in [-0.05, 0) is 122 Å². The Balaban J connectivity index is 0.000000137. The van der Waals surface area contributed by atoms with E-state index in [1.807, 2.05) is 60.7 Å². The van der Waals surface area contributed by atoms with Crippen molar-refractivity contribution in [3.63, 3.8) is 0 Å². The summed E-state index contributed by atoms with van der Waals surface area (Å²) in [6, 6.07) is 31.0. The van der Waals surface area contributed by atoms with Crippen LogP contribution >= 0.6 is 0 Å². The number of phenols is 2. The zero-order valence-corrected chi connectivity index (χ0v) is 23.3. The summed E-state index contributed by atoms with van der Waals surface area (Å²) in [5.41, 5.74) is 8.92. The molecule has 0 bridgehead atoms. The van der Waals surface area contributed by atoms with E-state index in [-0.39, 0.29) is 11.5 Å². The second-order valence-corrected chi connectivity index (χ2v) is 10.8. The maximum absolute atomic E-state index is 9.51. The van der Waals surface area contributed by atoms with Crippen LogP contribution in [0.4, 0.5) is 0 Å². The molecule has 0 atom stereocenters. The number of imidazole rings is 2. The van der Waals surface area contributed by atoms with E-state index in [4.69, 9.17) is 9.97 Å². The highest BCUT2D eigenvalue weighted by molar-refractivity contribution is 5.83. The standard InChI is InChI=1S/2C18H16N2O/c2*21-15-11-9-14(10-12-15)20-17-8-4-3-7-16(17)19-18(20)13-5-1-2-6-13/h2*3-5,7-12,21H,1-2,6H2. The lowest BCUT2D eigenvalue weighted by molar-refractivity contribution is 0.474. The lowest BCUT2D eigenvalue weighted by Gasteiger charge is -2.10. The van der Waals surface area contributed by atoms with Crippen molar-refractivity contribution in [3.05, 3.63) is 121 Å². The summed E-state index contributed by atoms with van der Waals surface area (Å²) in [6.45, 7) is 0. The fourth-order valence-corrected chi connectivity index (χ4v) is 5.96. The van der Waals surface area contributed by atoms with Gasteiger partial charge < -0.3 is 10.2 Å². The molecule has 0 saturated carbocycles. The topological polar surface area (TPSA) is 76.1 Å². The summed E-state index contributed by atoms with van der Waals surface area (Å²) < 4.78 is 4.37. The van der Waals surface area contributed by atoms with Gasteiger partial charge in [0.15, 0.2) is 0 Å². The van der Waals surface area contributed by atoms with E-state index in [0.717, 1.165) is 70.8 Å². The van der Waals surface area contributed by atoms with Crippen molar-refractivity contribution >= 4 is 33.2 Å². The van der Waals surface area contributed by atoms with Gasteiger partial charge in [0.2, 0.25) is 0 Å². The first-order valence-corrected chi connectivity index (χ1v) is 14.6. The van der Waals surface area contributed by atoms with E-state index in [1.165, 1.54) is 24.0 Å². The van der Waals surface area contributed by atoms with Gasteiger partial charge in [0.25, 0.3) is 0 Å². The molecule has 0 fully saturated rings. The van der Waals surface area contributed by atoms with Crippen LogP contribution in [0.2, 0.25) is 0 Å². The molecular formula is C36H32N4O2. The molecule has 0 amide bonds. The number of benzene rings is 4. The van der Waals surface area contributed by atoms with E-state index >= 15 is 0 Å². The third kappa shape index (κ3) is 4.85. The van der Waals surface area contributed by atoms with Gasteiger partial charge in [0, 0.05) is 11.4 Å². The van der Waals surface area contributed by atoms with Crippen molar-refractivity contribution in [2.75, 3.05) is 0 Å². The van der Waals surface area contributed by atoms with Crippen molar-refractivity contribution in [1.29, 1.82) is 0 Å². The molecule has 42 heavy (non-hydrogen) atoms. The van der Waals surface area contributed by atoms with E-state index in [0.29, 0.717) is 0 Å². The quantitative estimate of drug-likeness (QED) is 0.230. The summed E-state index contributed by atoms with van der Waals surface area (Å²) in [6.07, 6.45) is 11.4. The van der Waals surface area contributed by atoms with Crippen LogP contribution in [0.1, 0.15) is 50.2 Å². The molecule has 2 aromatic heterocycles. The third-order valence-corrected chi connectivity index (χ3v) is 7.99. The number of para-hydroxylation sites is 4. The molecule has 6 aromatic rings. The SMILES string of the molecule is Oc1ccc(-n2c(C3=CCCC3)nc3ccccc32)cc1.Oc1ccc(-n2c(C3=CCCC3)nc3ccccc32)cc1. The number of hydrogen-bond donors (Lipinski definition) is 2. The van der Waals surface area contributed by atoms with Crippen LogP contribution in [-0.4, -0.2) is 29.3 Å². The summed E-state index contributed by atoms with van der Waals surface area (Å²) in [5, 5.41) is 19.0. The minimum atomic E-state index is 0.282. The van der Waals surface area contributed by atoms with Crippen molar-refractivity contribution in [2.24, 2.45) is 0 Å². The molecule has 0 unspecified atom stereocenters. The summed E-state index contributed by atoms with van der Waals surface area (Å²) in [7, 11) is 0. The molecule has 208 valence electrons. The molecule has 0 spiro atoms. The number of rotatable bonds is 4. The van der Waals surface area contributed by atoms with Crippen molar-refractivity contribution in [1.82, 2.24) is 19.1 Å². The first-order chi connectivity index (χ1) is 20.7. The summed E-state index contributed by atoms with van der Waals surface area (Å²) in [5.74, 6) is 2.62. The molecule has 2 aliphatic rings. The van der Waals surface area contributed by atoms with Crippen LogP contribution < -0.4 is 0 Å². The molecule has 0 saturated heterocycles. The average Bonchev–Trinajstić information content (AvgIpc) is 3.83. The molecule has 8 rings (SSSR count). The van der Waals surface area contributed by atoms with E-state index in [2.05, 4.69) is 33.4 Å². The first-order valence-electron chi connectivity index (χ1n) is 14.6. The lowest BCUT2D eigenvalue weighted by Crippen LogP contribution is -1.99. The maximum atomic E-state index is 9.51. The molecule has 6 nitrogen and oxygen atoms in total. The lowest BCUT2D eigenvalue weighted by atomic mass is 10.2. The fraction of sp³-hybridized carbons (Fsp3) is 0.167. The smallest absolute Gasteiger partial charge is 0.141 e. The Kier molecular flexibility index (Phi) is 6.80. The molecule has 6 heteroatoms. The Bertz CT molecular complexity index is 1800. The Morgan fingerprint density at radius 1 is 0.500 bits per heavy atom. The van der Waals surface area contributed by atoms with Gasteiger partial charge in [-0.15, -0.1) is 0 Å². The van der Waals surface area contributed by atoms with Crippen molar-refractivity contribution < 1.29 is 10.2 Å². The molecule has 2 aliphatic carbocycles. The van der Waals surface area contributed by atoms with Gasteiger partial charge >= 0.3 is 0 Å². The molecule has 2 heterocycles. The highest BCUT2D eigenvalue weighted by atomic mass is 16.3. The number of allylic oxidation sites excluding steroid dienone is 4. The number of hydrogen-bond acceptors (Lipinski definition) is 4. The van der Waals surface area contributed by atoms with Crippen LogP contribution in [0.25, 0.3) is 44.6 Å². The van der Waals surface area contributed by atoms with Gasteiger partial charge in [0.1, 0.15) is 23.1 Å². The maximum Gasteiger partial charge on any atom is 0.141 e. The van der Waals surface area contributed by atoms with Crippen molar-refractivity contribution in [3.8, 4) is 22.9 Å². The minimum absolute atomic E-state index is 0.282. The summed E-state index contributed by atoms with van der Waals surface area (Å²) >= 11 is 0. The van der Waals surface area contributed by atoms with Gasteiger partial charge in [-0.3, -0.25) is 9.13 Å². The van der Waals surface area contributed by atoms with Crippen LogP contribution in [0.3, 0.4) is 0 Å². The van der Waals surface area contributed by atoms with E-state index < -0.39 is 0 Å². The highest BCUT2D eigenvalue weighted by Gasteiger charge is 2.19. The largest absolute Gasteiger partial charge is 0.508 e. The molecule has 2 N–H and O–H groups in total. The zero-order valence-electron chi connectivity index (χ0n) is 23.3. The van der Waals surface area contributed by atoms with Crippen LogP contribution in [0.5, 0.6) is 11.5 Å². The predicted molar refractivity (Wildman–Crippen MR) is 169 cm³/mol. The Morgan fingerprint density at radius 2 is 0.905 bits per heavy atom. The molecular weight excluding hydrogens is 520 g/mol. The van der Waals surface area contributed by atoms with Gasteiger partial charge in [-0.25, -0.2) is 9.97 Å². The zero-order chi connectivity index (χ0) is 28.5. The van der Waals surface area contributed by atoms with Gasteiger partial charge in [-0.2, -0.15) is 0 Å². The van der Waals surface area contributed by atoms with Crippen LogP contribution in [0.15, 0.2) is 109 Å². The van der Waals surface area contributed by atoms with Crippen molar-refractivity contribution in [2.45, 2.75) is 38.5 Å². The Hall–Kier alpha value is -5.10. The number of aromatic hydroxyl groups is 2. The normalized spacial score (nSPS) is 14.6. The average molecular weight is 553 g/mol. The Labute approximate surface area is 244 Å². The number of fused-ring (bicyclic) bond motifs is 2. The molecule has 4 aromatic carbocycles. The highest BCUT2D eigenvalue weighted by Crippen LogP contribution is 2.33. The van der Waals surface area contributed by atoms with Gasteiger partial charge in [0.05, 0.1) is 22.1 Å². The molecule has 0 radical (unpaired) electrons. The second-order valence-electron chi connectivity index (χ2n) is 10.8. The van der Waals surface area contributed by atoms with E-state index in [9.17, 15) is 10.2 Å². The minimum Gasteiger partial charge on any atom is -0.508 e. The van der Waals surface area contributed by atoms with Crippen LogP contribution in [-0.2, 0) is 0 Å². The number of aromatic nitrogens is 4. The summed E-state index contributed by atoms with van der Waals surface area (Å²) in [4.78, 5) is 9.65. The first kappa shape index (κ1) is 25.8.